The summed E-state index contributed by atoms with van der Waals surface area (Å²) >= 11 is 0. The number of carbonyl (C=O) groups excluding carboxylic acids is 2. The Kier molecular flexibility index (Phi) is 5.37. The second kappa shape index (κ2) is 7.47. The third kappa shape index (κ3) is 4.95. The van der Waals surface area contributed by atoms with Crippen LogP contribution in [0.4, 0.5) is 5.69 Å². The fourth-order valence-electron chi connectivity index (χ4n) is 2.16. The predicted octanol–water partition coefficient (Wildman–Crippen LogP) is 1.91. The first kappa shape index (κ1) is 15.1. The zero-order chi connectivity index (χ0) is 15.1. The molecule has 1 atom stereocenters. The number of anilines is 1. The van der Waals surface area contributed by atoms with E-state index in [1.807, 2.05) is 37.3 Å². The van der Waals surface area contributed by atoms with Gasteiger partial charge in [-0.05, 0) is 38.3 Å². The molecule has 2 rings (SSSR count). The molecule has 3 N–H and O–H groups in total. The van der Waals surface area contributed by atoms with Crippen molar-refractivity contribution in [1.29, 1.82) is 0 Å². The SMILES string of the molecule is Cc1ccc(NCC(=O)NNC(=O)C2CC=CCC2)cc1. The van der Waals surface area contributed by atoms with Gasteiger partial charge in [-0.15, -0.1) is 0 Å². The number of benzene rings is 1. The third-order valence-corrected chi connectivity index (χ3v) is 3.47. The van der Waals surface area contributed by atoms with Crippen LogP contribution < -0.4 is 16.2 Å². The first-order chi connectivity index (χ1) is 10.1. The van der Waals surface area contributed by atoms with E-state index in [1.165, 1.54) is 5.56 Å². The maximum Gasteiger partial charge on any atom is 0.257 e. The Morgan fingerprint density at radius 2 is 1.90 bits per heavy atom. The van der Waals surface area contributed by atoms with Gasteiger partial charge in [0.1, 0.15) is 0 Å². The van der Waals surface area contributed by atoms with Crippen molar-refractivity contribution in [2.24, 2.45) is 5.92 Å². The molecule has 0 spiro atoms. The smallest absolute Gasteiger partial charge is 0.257 e. The monoisotopic (exact) mass is 287 g/mol. The van der Waals surface area contributed by atoms with E-state index in [-0.39, 0.29) is 24.3 Å². The highest BCUT2D eigenvalue weighted by Crippen LogP contribution is 2.17. The molecule has 2 amide bonds. The molecule has 21 heavy (non-hydrogen) atoms. The summed E-state index contributed by atoms with van der Waals surface area (Å²) in [5.74, 6) is -0.432. The van der Waals surface area contributed by atoms with Gasteiger partial charge in [-0.1, -0.05) is 29.8 Å². The summed E-state index contributed by atoms with van der Waals surface area (Å²) < 4.78 is 0. The number of hydrogen-bond donors (Lipinski definition) is 3. The molecule has 0 heterocycles. The van der Waals surface area contributed by atoms with E-state index in [2.05, 4.69) is 22.2 Å². The molecule has 5 heteroatoms. The number of carbonyl (C=O) groups is 2. The molecule has 0 saturated carbocycles. The number of allylic oxidation sites excluding steroid dienone is 2. The van der Waals surface area contributed by atoms with E-state index in [9.17, 15) is 9.59 Å². The highest BCUT2D eigenvalue weighted by molar-refractivity contribution is 5.85. The molecule has 0 fully saturated rings. The predicted molar refractivity (Wildman–Crippen MR) is 82.4 cm³/mol. The second-order valence-electron chi connectivity index (χ2n) is 5.24. The Balaban J connectivity index is 1.68. The van der Waals surface area contributed by atoms with Gasteiger partial charge < -0.3 is 5.32 Å². The van der Waals surface area contributed by atoms with Gasteiger partial charge in [-0.2, -0.15) is 0 Å². The summed E-state index contributed by atoms with van der Waals surface area (Å²) in [5, 5.41) is 3.00. The number of nitrogens with one attached hydrogen (secondary N) is 3. The number of rotatable bonds is 4. The van der Waals surface area contributed by atoms with Gasteiger partial charge in [0, 0.05) is 11.6 Å². The van der Waals surface area contributed by atoms with E-state index >= 15 is 0 Å². The van der Waals surface area contributed by atoms with Crippen LogP contribution in [0.1, 0.15) is 24.8 Å². The van der Waals surface area contributed by atoms with E-state index < -0.39 is 0 Å². The summed E-state index contributed by atoms with van der Waals surface area (Å²) in [7, 11) is 0. The van der Waals surface area contributed by atoms with Crippen LogP contribution in [0.5, 0.6) is 0 Å². The quantitative estimate of drug-likeness (QED) is 0.585. The Labute approximate surface area is 124 Å². The van der Waals surface area contributed by atoms with E-state index in [1.54, 1.807) is 0 Å². The lowest BCUT2D eigenvalue weighted by atomic mass is 9.94. The number of hydrazine groups is 1. The van der Waals surface area contributed by atoms with Gasteiger partial charge >= 0.3 is 0 Å². The fraction of sp³-hybridized carbons (Fsp3) is 0.375. The zero-order valence-corrected chi connectivity index (χ0v) is 12.2. The maximum atomic E-state index is 11.8. The van der Waals surface area contributed by atoms with Crippen molar-refractivity contribution < 1.29 is 9.59 Å². The summed E-state index contributed by atoms with van der Waals surface area (Å²) in [6.07, 6.45) is 6.58. The van der Waals surface area contributed by atoms with Crippen molar-refractivity contribution in [1.82, 2.24) is 10.9 Å². The van der Waals surface area contributed by atoms with E-state index in [0.29, 0.717) is 0 Å². The van der Waals surface area contributed by atoms with Crippen LogP contribution in [0.3, 0.4) is 0 Å². The zero-order valence-electron chi connectivity index (χ0n) is 12.2. The average molecular weight is 287 g/mol. The Hall–Kier alpha value is -2.30. The molecule has 1 aliphatic rings. The lowest BCUT2D eigenvalue weighted by Crippen LogP contribution is -2.46. The van der Waals surface area contributed by atoms with Crippen LogP contribution in [0, 0.1) is 12.8 Å². The van der Waals surface area contributed by atoms with Crippen LogP contribution >= 0.6 is 0 Å². The summed E-state index contributed by atoms with van der Waals surface area (Å²) in [6, 6.07) is 7.77. The number of aryl methyl sites for hydroxylation is 1. The van der Waals surface area contributed by atoms with Crippen molar-refractivity contribution in [3.05, 3.63) is 42.0 Å². The van der Waals surface area contributed by atoms with Crippen LogP contribution in [0.15, 0.2) is 36.4 Å². The molecule has 1 aromatic rings. The van der Waals surface area contributed by atoms with Crippen molar-refractivity contribution in [2.75, 3.05) is 11.9 Å². The minimum absolute atomic E-state index is 0.0413. The molecule has 1 aromatic carbocycles. The lowest BCUT2D eigenvalue weighted by molar-refractivity contribution is -0.130. The largest absolute Gasteiger partial charge is 0.376 e. The Morgan fingerprint density at radius 3 is 2.57 bits per heavy atom. The molecule has 5 nitrogen and oxygen atoms in total. The van der Waals surface area contributed by atoms with Crippen LogP contribution in [0.25, 0.3) is 0 Å². The topological polar surface area (TPSA) is 70.2 Å². The van der Waals surface area contributed by atoms with Crippen molar-refractivity contribution in [3.8, 4) is 0 Å². The number of hydrogen-bond acceptors (Lipinski definition) is 3. The number of amides is 2. The highest BCUT2D eigenvalue weighted by Gasteiger charge is 2.18. The molecular weight excluding hydrogens is 266 g/mol. The first-order valence-corrected chi connectivity index (χ1v) is 7.19. The molecule has 0 saturated heterocycles. The minimum atomic E-state index is -0.268. The van der Waals surface area contributed by atoms with Crippen molar-refractivity contribution in [2.45, 2.75) is 26.2 Å². The van der Waals surface area contributed by atoms with Gasteiger partial charge in [0.2, 0.25) is 5.91 Å². The summed E-state index contributed by atoms with van der Waals surface area (Å²) in [6.45, 7) is 2.13. The molecule has 1 aliphatic carbocycles. The summed E-state index contributed by atoms with van der Waals surface area (Å²) in [5.41, 5.74) is 6.96. The minimum Gasteiger partial charge on any atom is -0.376 e. The van der Waals surface area contributed by atoms with Gasteiger partial charge in [0.05, 0.1) is 6.54 Å². The molecule has 1 unspecified atom stereocenters. The molecule has 112 valence electrons. The molecule has 0 aliphatic heterocycles. The van der Waals surface area contributed by atoms with Gasteiger partial charge in [0.15, 0.2) is 0 Å². The van der Waals surface area contributed by atoms with Crippen molar-refractivity contribution in [3.63, 3.8) is 0 Å². The lowest BCUT2D eigenvalue weighted by Gasteiger charge is -2.17. The standard InChI is InChI=1S/C16H21N3O2/c1-12-7-9-14(10-8-12)17-11-15(20)18-19-16(21)13-5-3-2-4-6-13/h2-3,7-10,13,17H,4-6,11H2,1H3,(H,18,20)(H,19,21). The first-order valence-electron chi connectivity index (χ1n) is 7.19. The molecule has 0 aromatic heterocycles. The van der Waals surface area contributed by atoms with Crippen LogP contribution in [-0.2, 0) is 9.59 Å². The maximum absolute atomic E-state index is 11.8. The van der Waals surface area contributed by atoms with Crippen molar-refractivity contribution >= 4 is 17.5 Å². The Morgan fingerprint density at radius 1 is 1.14 bits per heavy atom. The van der Waals surface area contributed by atoms with E-state index in [4.69, 9.17) is 0 Å². The molecule has 0 bridgehead atoms. The average Bonchev–Trinajstić information content (AvgIpc) is 2.53. The summed E-state index contributed by atoms with van der Waals surface area (Å²) in [4.78, 5) is 23.5. The third-order valence-electron chi connectivity index (χ3n) is 3.47. The Bertz CT molecular complexity index is 523. The van der Waals surface area contributed by atoms with E-state index in [0.717, 1.165) is 24.9 Å². The molecular formula is C16H21N3O2. The fourth-order valence-corrected chi connectivity index (χ4v) is 2.16. The van der Waals surface area contributed by atoms with Gasteiger partial charge in [-0.3, -0.25) is 20.4 Å². The highest BCUT2D eigenvalue weighted by atomic mass is 16.2. The second-order valence-corrected chi connectivity index (χ2v) is 5.24. The normalized spacial score (nSPS) is 17.1. The van der Waals surface area contributed by atoms with Crippen LogP contribution in [-0.4, -0.2) is 18.4 Å². The van der Waals surface area contributed by atoms with Gasteiger partial charge in [0.25, 0.3) is 5.91 Å². The molecule has 0 radical (unpaired) electrons. The van der Waals surface area contributed by atoms with Crippen LogP contribution in [0.2, 0.25) is 0 Å². The van der Waals surface area contributed by atoms with Gasteiger partial charge in [-0.25, -0.2) is 0 Å².